The Bertz CT molecular complexity index is 896. The Morgan fingerprint density at radius 1 is 1.41 bits per heavy atom. The number of carbonyl (C=O) groups is 1. The van der Waals surface area contributed by atoms with E-state index < -0.39 is 5.76 Å². The van der Waals surface area contributed by atoms with Crippen molar-refractivity contribution >= 4 is 22.7 Å². The molecule has 1 aromatic heterocycles. The molecule has 0 aliphatic carbocycles. The van der Waals surface area contributed by atoms with Gasteiger partial charge in [-0.05, 0) is 31.4 Å². The average molecular weight is 375 g/mol. The van der Waals surface area contributed by atoms with Crippen molar-refractivity contribution < 1.29 is 18.7 Å². The van der Waals surface area contributed by atoms with E-state index in [1.165, 1.54) is 4.57 Å². The van der Waals surface area contributed by atoms with Crippen LogP contribution in [-0.2, 0) is 21.3 Å². The van der Waals surface area contributed by atoms with E-state index in [9.17, 15) is 9.59 Å². The van der Waals surface area contributed by atoms with Crippen LogP contribution in [0.3, 0.4) is 0 Å². The van der Waals surface area contributed by atoms with Crippen LogP contribution in [0.1, 0.15) is 19.3 Å². The molecule has 0 bridgehead atoms. The van der Waals surface area contributed by atoms with E-state index in [1.807, 2.05) is 0 Å². The number of ether oxygens (including phenoxy) is 2. The molecule has 8 nitrogen and oxygen atoms in total. The molecule has 2 aliphatic heterocycles. The summed E-state index contributed by atoms with van der Waals surface area (Å²) in [5.41, 5.74) is 1.58. The smallest absolute Gasteiger partial charge is 0.408 e. The summed E-state index contributed by atoms with van der Waals surface area (Å²) in [6, 6.07) is 5.20. The maximum atomic E-state index is 12.5. The molecule has 4 rings (SSSR count). The number of anilines is 1. The number of methoxy groups -OCH3 is 1. The van der Waals surface area contributed by atoms with Crippen molar-refractivity contribution in [3.63, 3.8) is 0 Å². The fourth-order valence-electron chi connectivity index (χ4n) is 4.22. The first kappa shape index (κ1) is 18.2. The first-order valence-electron chi connectivity index (χ1n) is 9.29. The Kier molecular flexibility index (Phi) is 4.79. The highest BCUT2D eigenvalue weighted by atomic mass is 16.5. The molecule has 3 heterocycles. The number of nitrogens with zero attached hydrogens (tertiary/aromatic N) is 2. The van der Waals surface area contributed by atoms with Crippen molar-refractivity contribution in [1.29, 1.82) is 0 Å². The van der Waals surface area contributed by atoms with Crippen LogP contribution >= 0.6 is 0 Å². The van der Waals surface area contributed by atoms with Gasteiger partial charge in [0.25, 0.3) is 0 Å². The zero-order chi connectivity index (χ0) is 19.0. The molecule has 1 amide bonds. The number of fused-ring (bicyclic) bond motifs is 1. The van der Waals surface area contributed by atoms with E-state index in [1.54, 1.807) is 32.4 Å². The van der Waals surface area contributed by atoms with Gasteiger partial charge in [0.1, 0.15) is 0 Å². The normalized spacial score (nSPS) is 26.1. The van der Waals surface area contributed by atoms with Crippen LogP contribution in [0, 0.1) is 0 Å². The monoisotopic (exact) mass is 375 g/mol. The maximum absolute atomic E-state index is 12.5. The van der Waals surface area contributed by atoms with Gasteiger partial charge in [-0.25, -0.2) is 4.79 Å². The number of carbonyl (C=O) groups excluding carboxylic acids is 1. The summed E-state index contributed by atoms with van der Waals surface area (Å²) in [5.74, 6) is -0.527. The molecule has 2 fully saturated rings. The lowest BCUT2D eigenvalue weighted by Crippen LogP contribution is -2.57. The first-order chi connectivity index (χ1) is 13.0. The van der Waals surface area contributed by atoms with Crippen molar-refractivity contribution in [2.24, 2.45) is 7.05 Å². The van der Waals surface area contributed by atoms with Crippen molar-refractivity contribution in [2.75, 3.05) is 38.7 Å². The van der Waals surface area contributed by atoms with E-state index >= 15 is 0 Å². The Labute approximate surface area is 157 Å². The largest absolute Gasteiger partial charge is 0.419 e. The predicted octanol–water partition coefficient (Wildman–Crippen LogP) is 1.34. The van der Waals surface area contributed by atoms with Crippen molar-refractivity contribution in [2.45, 2.75) is 31.0 Å². The average Bonchev–Trinajstić information content (AvgIpc) is 3.22. The Morgan fingerprint density at radius 2 is 2.26 bits per heavy atom. The van der Waals surface area contributed by atoms with Gasteiger partial charge in [-0.3, -0.25) is 14.3 Å². The van der Waals surface area contributed by atoms with E-state index in [0.29, 0.717) is 23.3 Å². The number of likely N-dealkylation sites (tertiary alicyclic amines) is 1. The van der Waals surface area contributed by atoms with Crippen molar-refractivity contribution in [1.82, 2.24) is 9.47 Å². The van der Waals surface area contributed by atoms with Crippen LogP contribution in [0.2, 0.25) is 0 Å². The third kappa shape index (κ3) is 3.40. The van der Waals surface area contributed by atoms with Crippen LogP contribution in [0.5, 0.6) is 0 Å². The third-order valence-electron chi connectivity index (χ3n) is 5.72. The van der Waals surface area contributed by atoms with Crippen LogP contribution < -0.4 is 11.1 Å². The SMILES string of the molecule is CO[C@@H]1CN(CC(=O)Nc2ccc3c(c2)oc(=O)n3C)CC[C@@]12CCCO2. The Morgan fingerprint density at radius 3 is 3.00 bits per heavy atom. The van der Waals surface area contributed by atoms with E-state index in [-0.39, 0.29) is 24.2 Å². The molecule has 0 unspecified atom stereocenters. The molecule has 2 saturated heterocycles. The van der Waals surface area contributed by atoms with Crippen LogP contribution in [0.25, 0.3) is 11.1 Å². The van der Waals surface area contributed by atoms with Gasteiger partial charge in [0.2, 0.25) is 5.91 Å². The molecule has 1 aromatic carbocycles. The van der Waals surface area contributed by atoms with Gasteiger partial charge in [-0.15, -0.1) is 0 Å². The molecule has 8 heteroatoms. The van der Waals surface area contributed by atoms with Gasteiger partial charge in [0.15, 0.2) is 5.58 Å². The summed E-state index contributed by atoms with van der Waals surface area (Å²) in [7, 11) is 3.36. The standard InChI is InChI=1S/C19H25N3O5/c1-21-14-5-4-13(10-15(14)27-18(21)24)20-17(23)12-22-8-7-19(6-3-9-26-19)16(11-22)25-2/h4-5,10,16H,3,6-9,11-12H2,1-2H3,(H,20,23)/t16-,19+/m1/s1. The molecule has 0 radical (unpaired) electrons. The number of hydrogen-bond donors (Lipinski definition) is 1. The van der Waals surface area contributed by atoms with Gasteiger partial charge >= 0.3 is 5.76 Å². The second kappa shape index (κ2) is 7.10. The molecule has 0 saturated carbocycles. The van der Waals surface area contributed by atoms with Crippen LogP contribution in [0.4, 0.5) is 5.69 Å². The fraction of sp³-hybridized carbons (Fsp3) is 0.579. The first-order valence-corrected chi connectivity index (χ1v) is 9.29. The topological polar surface area (TPSA) is 85.9 Å². The van der Waals surface area contributed by atoms with E-state index in [0.717, 1.165) is 32.4 Å². The minimum Gasteiger partial charge on any atom is -0.408 e. The van der Waals surface area contributed by atoms with Gasteiger partial charge in [-0.1, -0.05) is 0 Å². The summed E-state index contributed by atoms with van der Waals surface area (Å²) in [4.78, 5) is 26.1. The minimum atomic E-state index is -0.421. The molecule has 2 aliphatic rings. The summed E-state index contributed by atoms with van der Waals surface area (Å²) >= 11 is 0. The molecule has 2 aromatic rings. The number of rotatable bonds is 4. The molecule has 1 N–H and O–H groups in total. The third-order valence-corrected chi connectivity index (χ3v) is 5.72. The van der Waals surface area contributed by atoms with Gasteiger partial charge < -0.3 is 19.2 Å². The highest BCUT2D eigenvalue weighted by Gasteiger charge is 2.46. The minimum absolute atomic E-state index is 0.0171. The number of amides is 1. The lowest BCUT2D eigenvalue weighted by atomic mass is 9.86. The number of piperidine rings is 1. The number of aryl methyl sites for hydroxylation is 1. The fourth-order valence-corrected chi connectivity index (χ4v) is 4.22. The second-order valence-electron chi connectivity index (χ2n) is 7.38. The zero-order valence-electron chi connectivity index (χ0n) is 15.7. The molecule has 1 spiro atoms. The summed E-state index contributed by atoms with van der Waals surface area (Å²) in [5, 5.41) is 2.88. The maximum Gasteiger partial charge on any atom is 0.419 e. The highest BCUT2D eigenvalue weighted by molar-refractivity contribution is 5.94. The molecule has 27 heavy (non-hydrogen) atoms. The van der Waals surface area contributed by atoms with E-state index in [2.05, 4.69) is 10.2 Å². The summed E-state index contributed by atoms with van der Waals surface area (Å²) in [6.07, 6.45) is 2.95. The van der Waals surface area contributed by atoms with Gasteiger partial charge in [0, 0.05) is 45.6 Å². The lowest BCUT2D eigenvalue weighted by Gasteiger charge is -2.44. The molecular formula is C19H25N3O5. The van der Waals surface area contributed by atoms with E-state index in [4.69, 9.17) is 13.9 Å². The summed E-state index contributed by atoms with van der Waals surface area (Å²) in [6.45, 7) is 2.56. The Balaban J connectivity index is 1.39. The zero-order valence-corrected chi connectivity index (χ0v) is 15.7. The molecule has 2 atom stereocenters. The van der Waals surface area contributed by atoms with Crippen molar-refractivity contribution in [3.05, 3.63) is 28.7 Å². The molecular weight excluding hydrogens is 350 g/mol. The molecule has 146 valence electrons. The lowest BCUT2D eigenvalue weighted by molar-refractivity contribution is -0.145. The van der Waals surface area contributed by atoms with Crippen LogP contribution in [0.15, 0.2) is 27.4 Å². The van der Waals surface area contributed by atoms with Gasteiger partial charge in [0.05, 0.1) is 23.8 Å². The quantitative estimate of drug-likeness (QED) is 0.868. The van der Waals surface area contributed by atoms with Crippen LogP contribution in [-0.4, -0.2) is 60.4 Å². The Hall–Kier alpha value is -2.16. The number of aromatic nitrogens is 1. The number of benzene rings is 1. The second-order valence-corrected chi connectivity index (χ2v) is 7.38. The summed E-state index contributed by atoms with van der Waals surface area (Å²) < 4.78 is 18.3. The highest BCUT2D eigenvalue weighted by Crippen LogP contribution is 2.37. The van der Waals surface area contributed by atoms with Crippen molar-refractivity contribution in [3.8, 4) is 0 Å². The predicted molar refractivity (Wildman–Crippen MR) is 99.9 cm³/mol. The number of hydrogen-bond acceptors (Lipinski definition) is 6. The number of oxazole rings is 1. The number of nitrogens with one attached hydrogen (secondary N) is 1. The van der Waals surface area contributed by atoms with Gasteiger partial charge in [-0.2, -0.15) is 0 Å².